The number of hydrogen-bond acceptors (Lipinski definition) is 3. The van der Waals surface area contributed by atoms with Crippen molar-refractivity contribution >= 4 is 11.3 Å². The predicted molar refractivity (Wildman–Crippen MR) is 67.3 cm³/mol. The largest absolute Gasteiger partial charge is 0.328 e. The van der Waals surface area contributed by atoms with Crippen molar-refractivity contribution in [3.8, 4) is 0 Å². The molecule has 0 aromatic carbocycles. The molecular formula is C12H22N2S. The number of nitrogens with zero attached hydrogens (tertiary/aromatic N) is 1. The summed E-state index contributed by atoms with van der Waals surface area (Å²) in [6.45, 7) is 10.8. The third kappa shape index (κ3) is 3.58. The topological polar surface area (TPSA) is 38.9 Å². The monoisotopic (exact) mass is 226 g/mol. The van der Waals surface area contributed by atoms with Crippen molar-refractivity contribution in [2.75, 3.05) is 0 Å². The molecule has 0 aliphatic carbocycles. The van der Waals surface area contributed by atoms with E-state index in [1.54, 1.807) is 11.3 Å². The first-order chi connectivity index (χ1) is 6.80. The van der Waals surface area contributed by atoms with Crippen LogP contribution in [-0.4, -0.2) is 11.0 Å². The Bertz CT molecular complexity index is 310. The van der Waals surface area contributed by atoms with Crippen molar-refractivity contribution in [1.29, 1.82) is 0 Å². The summed E-state index contributed by atoms with van der Waals surface area (Å²) in [5, 5.41) is 3.38. The molecule has 0 saturated carbocycles. The van der Waals surface area contributed by atoms with E-state index >= 15 is 0 Å². The van der Waals surface area contributed by atoms with Crippen LogP contribution in [0.3, 0.4) is 0 Å². The molecule has 2 atom stereocenters. The van der Waals surface area contributed by atoms with Gasteiger partial charge in [-0.2, -0.15) is 0 Å². The maximum Gasteiger partial charge on any atom is 0.0931 e. The molecular weight excluding hydrogens is 204 g/mol. The van der Waals surface area contributed by atoms with Crippen LogP contribution in [0.4, 0.5) is 0 Å². The van der Waals surface area contributed by atoms with Gasteiger partial charge >= 0.3 is 0 Å². The van der Waals surface area contributed by atoms with E-state index in [4.69, 9.17) is 5.73 Å². The molecule has 2 unspecified atom stereocenters. The highest BCUT2D eigenvalue weighted by Gasteiger charge is 2.18. The van der Waals surface area contributed by atoms with E-state index in [2.05, 4.69) is 45.0 Å². The highest BCUT2D eigenvalue weighted by atomic mass is 32.1. The lowest BCUT2D eigenvalue weighted by molar-refractivity contribution is 0.478. The lowest BCUT2D eigenvalue weighted by Crippen LogP contribution is -2.25. The second-order valence-corrected chi connectivity index (χ2v) is 6.36. The second kappa shape index (κ2) is 4.62. The molecule has 1 heterocycles. The fourth-order valence-corrected chi connectivity index (χ4v) is 2.37. The molecule has 1 aromatic heterocycles. The minimum absolute atomic E-state index is 0.159. The Kier molecular flexibility index (Phi) is 3.90. The van der Waals surface area contributed by atoms with Gasteiger partial charge < -0.3 is 5.73 Å². The first kappa shape index (κ1) is 12.7. The Morgan fingerprint density at radius 3 is 2.40 bits per heavy atom. The molecule has 2 nitrogen and oxygen atoms in total. The van der Waals surface area contributed by atoms with Crippen molar-refractivity contribution in [2.24, 2.45) is 11.7 Å². The number of hydrogen-bond donors (Lipinski definition) is 1. The molecule has 0 bridgehead atoms. The van der Waals surface area contributed by atoms with Crippen molar-refractivity contribution < 1.29 is 0 Å². The summed E-state index contributed by atoms with van der Waals surface area (Å²) in [6, 6.07) is 0.243. The molecule has 0 spiro atoms. The molecule has 0 radical (unpaired) electrons. The minimum Gasteiger partial charge on any atom is -0.328 e. The van der Waals surface area contributed by atoms with Crippen molar-refractivity contribution in [2.45, 2.75) is 52.5 Å². The normalized spacial score (nSPS) is 16.4. The average molecular weight is 226 g/mol. The summed E-state index contributed by atoms with van der Waals surface area (Å²) < 4.78 is 0. The lowest BCUT2D eigenvalue weighted by Gasteiger charge is -2.15. The minimum atomic E-state index is 0.159. The summed E-state index contributed by atoms with van der Waals surface area (Å²) in [4.78, 5) is 4.67. The zero-order valence-electron chi connectivity index (χ0n) is 10.4. The van der Waals surface area contributed by atoms with Gasteiger partial charge in [-0.1, -0.05) is 27.7 Å². The van der Waals surface area contributed by atoms with Gasteiger partial charge in [0.2, 0.25) is 0 Å². The number of aromatic nitrogens is 1. The van der Waals surface area contributed by atoms with Crippen LogP contribution in [0.5, 0.6) is 0 Å². The molecule has 0 fully saturated rings. The van der Waals surface area contributed by atoms with E-state index in [0.29, 0.717) is 5.92 Å². The lowest BCUT2D eigenvalue weighted by atomic mass is 9.93. The maximum absolute atomic E-state index is 5.85. The van der Waals surface area contributed by atoms with Gasteiger partial charge in [-0.05, 0) is 12.8 Å². The molecule has 0 amide bonds. The van der Waals surface area contributed by atoms with Crippen LogP contribution < -0.4 is 5.73 Å². The van der Waals surface area contributed by atoms with Crippen LogP contribution in [-0.2, 0) is 11.8 Å². The van der Waals surface area contributed by atoms with Gasteiger partial charge in [0, 0.05) is 23.3 Å². The third-order valence-electron chi connectivity index (χ3n) is 2.71. The number of thiazole rings is 1. The van der Waals surface area contributed by atoms with E-state index < -0.39 is 0 Å². The Morgan fingerprint density at radius 2 is 2.00 bits per heavy atom. The molecule has 0 saturated heterocycles. The summed E-state index contributed by atoms with van der Waals surface area (Å²) in [5.74, 6) is 0.504. The van der Waals surface area contributed by atoms with Gasteiger partial charge in [0.25, 0.3) is 0 Å². The van der Waals surface area contributed by atoms with Crippen molar-refractivity contribution in [3.63, 3.8) is 0 Å². The Labute approximate surface area is 96.9 Å². The average Bonchev–Trinajstić information content (AvgIpc) is 2.51. The highest BCUT2D eigenvalue weighted by Crippen LogP contribution is 2.25. The number of rotatable bonds is 3. The van der Waals surface area contributed by atoms with Crippen molar-refractivity contribution in [1.82, 2.24) is 4.98 Å². The zero-order chi connectivity index (χ0) is 11.6. The maximum atomic E-state index is 5.85. The summed E-state index contributed by atoms with van der Waals surface area (Å²) in [6.07, 6.45) is 0.998. The van der Waals surface area contributed by atoms with Crippen LogP contribution in [0.25, 0.3) is 0 Å². The summed E-state index contributed by atoms with van der Waals surface area (Å²) in [5.41, 5.74) is 7.21. The molecule has 3 heteroatoms. The van der Waals surface area contributed by atoms with E-state index in [1.165, 1.54) is 10.7 Å². The quantitative estimate of drug-likeness (QED) is 0.860. The summed E-state index contributed by atoms with van der Waals surface area (Å²) >= 11 is 1.76. The molecule has 15 heavy (non-hydrogen) atoms. The van der Waals surface area contributed by atoms with Crippen LogP contribution in [0.1, 0.15) is 45.3 Å². The second-order valence-electron chi connectivity index (χ2n) is 5.42. The SMILES string of the molecule is CC(N)C(C)Cc1nc(C(C)(C)C)cs1. The predicted octanol–water partition coefficient (Wildman–Crippen LogP) is 2.97. The third-order valence-corrected chi connectivity index (χ3v) is 3.59. The van der Waals surface area contributed by atoms with Gasteiger partial charge in [0.15, 0.2) is 0 Å². The van der Waals surface area contributed by atoms with Crippen LogP contribution in [0.2, 0.25) is 0 Å². The van der Waals surface area contributed by atoms with Crippen LogP contribution >= 0.6 is 11.3 Å². The first-order valence-corrected chi connectivity index (χ1v) is 6.39. The van der Waals surface area contributed by atoms with Crippen LogP contribution in [0, 0.1) is 5.92 Å². The Balaban J connectivity index is 2.69. The smallest absolute Gasteiger partial charge is 0.0931 e. The number of nitrogens with two attached hydrogens (primary N) is 1. The van der Waals surface area contributed by atoms with E-state index in [1.807, 2.05) is 0 Å². The standard InChI is InChI=1S/C12H22N2S/c1-8(9(2)13)6-11-14-10(7-15-11)12(3,4)5/h7-9H,6,13H2,1-5H3. The molecule has 1 rings (SSSR count). The highest BCUT2D eigenvalue weighted by molar-refractivity contribution is 7.09. The first-order valence-electron chi connectivity index (χ1n) is 5.51. The Hall–Kier alpha value is -0.410. The molecule has 1 aromatic rings. The van der Waals surface area contributed by atoms with Crippen LogP contribution in [0.15, 0.2) is 5.38 Å². The van der Waals surface area contributed by atoms with Crippen molar-refractivity contribution in [3.05, 3.63) is 16.1 Å². The van der Waals surface area contributed by atoms with E-state index in [9.17, 15) is 0 Å². The fourth-order valence-electron chi connectivity index (χ4n) is 1.21. The van der Waals surface area contributed by atoms with Gasteiger partial charge in [0.05, 0.1) is 10.7 Å². The Morgan fingerprint density at radius 1 is 1.40 bits per heavy atom. The van der Waals surface area contributed by atoms with E-state index in [-0.39, 0.29) is 11.5 Å². The molecule has 0 aliphatic rings. The van der Waals surface area contributed by atoms with Gasteiger partial charge in [-0.15, -0.1) is 11.3 Å². The molecule has 0 aliphatic heterocycles. The molecule has 2 N–H and O–H groups in total. The van der Waals surface area contributed by atoms with Gasteiger partial charge in [-0.25, -0.2) is 4.98 Å². The fraction of sp³-hybridized carbons (Fsp3) is 0.750. The van der Waals surface area contributed by atoms with Gasteiger partial charge in [-0.3, -0.25) is 0 Å². The van der Waals surface area contributed by atoms with Gasteiger partial charge in [0.1, 0.15) is 0 Å². The van der Waals surface area contributed by atoms with E-state index in [0.717, 1.165) is 6.42 Å². The zero-order valence-corrected chi connectivity index (χ0v) is 11.2. The summed E-state index contributed by atoms with van der Waals surface area (Å²) in [7, 11) is 0. The molecule has 86 valence electrons.